The third-order valence-corrected chi connectivity index (χ3v) is 3.37. The van der Waals surface area contributed by atoms with E-state index in [0.29, 0.717) is 6.61 Å². The molecular weight excluding hydrogens is 216 g/mol. The van der Waals surface area contributed by atoms with Gasteiger partial charge in [-0.2, -0.15) is 0 Å². The molecule has 1 aliphatic rings. The van der Waals surface area contributed by atoms with Crippen molar-refractivity contribution < 1.29 is 9.53 Å². The van der Waals surface area contributed by atoms with Gasteiger partial charge in [-0.3, -0.25) is 9.78 Å². The summed E-state index contributed by atoms with van der Waals surface area (Å²) in [7, 11) is 1.86. The Morgan fingerprint density at radius 2 is 2.41 bits per heavy atom. The van der Waals surface area contributed by atoms with Crippen LogP contribution in [0.2, 0.25) is 0 Å². The van der Waals surface area contributed by atoms with Gasteiger partial charge >= 0.3 is 0 Å². The van der Waals surface area contributed by atoms with Crippen molar-refractivity contribution in [2.24, 2.45) is 5.92 Å². The van der Waals surface area contributed by atoms with Crippen LogP contribution in [0.25, 0.3) is 0 Å². The molecule has 92 valence electrons. The van der Waals surface area contributed by atoms with Gasteiger partial charge in [-0.25, -0.2) is 0 Å². The number of hydrogen-bond donors (Lipinski definition) is 0. The fourth-order valence-corrected chi connectivity index (χ4v) is 2.20. The van der Waals surface area contributed by atoms with Gasteiger partial charge in [0.05, 0.1) is 12.2 Å². The van der Waals surface area contributed by atoms with Crippen molar-refractivity contribution in [3.05, 3.63) is 24.5 Å². The Labute approximate surface area is 102 Å². The summed E-state index contributed by atoms with van der Waals surface area (Å²) in [6, 6.07) is 3.90. The number of hydrogen-bond acceptors (Lipinski definition) is 3. The van der Waals surface area contributed by atoms with Crippen molar-refractivity contribution in [1.29, 1.82) is 0 Å². The van der Waals surface area contributed by atoms with Gasteiger partial charge in [0, 0.05) is 19.2 Å². The van der Waals surface area contributed by atoms with E-state index in [1.165, 1.54) is 0 Å². The minimum Gasteiger partial charge on any atom is -0.490 e. The predicted octanol–water partition coefficient (Wildman–Crippen LogP) is 1.72. The zero-order valence-corrected chi connectivity index (χ0v) is 10.3. The van der Waals surface area contributed by atoms with E-state index in [-0.39, 0.29) is 17.9 Å². The van der Waals surface area contributed by atoms with E-state index in [9.17, 15) is 4.79 Å². The Balaban J connectivity index is 1.90. The normalized spacial score (nSPS) is 24.1. The van der Waals surface area contributed by atoms with E-state index >= 15 is 0 Å². The van der Waals surface area contributed by atoms with Crippen molar-refractivity contribution in [3.8, 4) is 5.75 Å². The molecule has 1 fully saturated rings. The monoisotopic (exact) mass is 234 g/mol. The first-order valence-electron chi connectivity index (χ1n) is 6.02. The minimum atomic E-state index is 0.169. The largest absolute Gasteiger partial charge is 0.490 e. The first-order valence-corrected chi connectivity index (χ1v) is 6.02. The van der Waals surface area contributed by atoms with Crippen LogP contribution in [0, 0.1) is 5.92 Å². The van der Waals surface area contributed by atoms with Crippen LogP contribution in [0.4, 0.5) is 0 Å². The van der Waals surface area contributed by atoms with Crippen LogP contribution in [0.3, 0.4) is 0 Å². The quantitative estimate of drug-likeness (QED) is 0.796. The van der Waals surface area contributed by atoms with E-state index in [2.05, 4.69) is 11.9 Å². The number of amides is 1. The molecule has 17 heavy (non-hydrogen) atoms. The molecule has 4 nitrogen and oxygen atoms in total. The minimum absolute atomic E-state index is 0.169. The molecule has 1 aliphatic heterocycles. The SMILES string of the molecule is CCC1CC(COc2cccnc2)N(C)C1=O. The summed E-state index contributed by atoms with van der Waals surface area (Å²) in [5.41, 5.74) is 0. The maximum atomic E-state index is 11.8. The van der Waals surface area contributed by atoms with Crippen LogP contribution in [0.1, 0.15) is 19.8 Å². The molecule has 2 unspecified atom stereocenters. The van der Waals surface area contributed by atoms with Crippen LogP contribution < -0.4 is 4.74 Å². The molecule has 4 heteroatoms. The second-order valence-electron chi connectivity index (χ2n) is 4.44. The third kappa shape index (κ3) is 2.57. The lowest BCUT2D eigenvalue weighted by atomic mass is 10.0. The molecule has 0 N–H and O–H groups in total. The highest BCUT2D eigenvalue weighted by Crippen LogP contribution is 2.26. The highest BCUT2D eigenvalue weighted by Gasteiger charge is 2.36. The van der Waals surface area contributed by atoms with E-state index in [0.717, 1.165) is 18.6 Å². The van der Waals surface area contributed by atoms with Crippen molar-refractivity contribution in [1.82, 2.24) is 9.88 Å². The standard InChI is InChI=1S/C13H18N2O2/c1-3-10-7-11(15(2)13(10)16)9-17-12-5-4-6-14-8-12/h4-6,8,10-11H,3,7,9H2,1-2H3. The Bertz CT molecular complexity index is 380. The van der Waals surface area contributed by atoms with Crippen molar-refractivity contribution in [3.63, 3.8) is 0 Å². The van der Waals surface area contributed by atoms with Gasteiger partial charge < -0.3 is 9.64 Å². The van der Waals surface area contributed by atoms with Crippen LogP contribution in [0.5, 0.6) is 5.75 Å². The highest BCUT2D eigenvalue weighted by atomic mass is 16.5. The number of likely N-dealkylation sites (tertiary alicyclic amines) is 1. The van der Waals surface area contributed by atoms with Gasteiger partial charge in [0.1, 0.15) is 12.4 Å². The highest BCUT2D eigenvalue weighted by molar-refractivity contribution is 5.81. The molecule has 0 spiro atoms. The maximum absolute atomic E-state index is 11.8. The molecule has 2 rings (SSSR count). The molecular formula is C13H18N2O2. The average Bonchev–Trinajstić information content (AvgIpc) is 2.65. The van der Waals surface area contributed by atoms with Crippen molar-refractivity contribution in [2.45, 2.75) is 25.8 Å². The van der Waals surface area contributed by atoms with Crippen LogP contribution in [-0.4, -0.2) is 35.5 Å². The Morgan fingerprint density at radius 1 is 1.59 bits per heavy atom. The number of carbonyl (C=O) groups excluding carboxylic acids is 1. The van der Waals surface area contributed by atoms with Crippen LogP contribution in [0.15, 0.2) is 24.5 Å². The number of nitrogens with zero attached hydrogens (tertiary/aromatic N) is 2. The molecule has 1 aromatic rings. The van der Waals surface area contributed by atoms with Gasteiger partial charge in [-0.1, -0.05) is 6.92 Å². The lowest BCUT2D eigenvalue weighted by Crippen LogP contribution is -2.33. The second kappa shape index (κ2) is 5.17. The van der Waals surface area contributed by atoms with E-state index in [1.807, 2.05) is 24.1 Å². The van der Waals surface area contributed by atoms with Gasteiger partial charge in [0.2, 0.25) is 5.91 Å². The molecule has 0 radical (unpaired) electrons. The van der Waals surface area contributed by atoms with Crippen LogP contribution in [-0.2, 0) is 4.79 Å². The first kappa shape index (κ1) is 11.9. The molecule has 2 heterocycles. The Kier molecular flexibility index (Phi) is 3.61. The summed E-state index contributed by atoms with van der Waals surface area (Å²) in [6.45, 7) is 2.60. The van der Waals surface area contributed by atoms with E-state index in [1.54, 1.807) is 12.4 Å². The molecule has 2 atom stereocenters. The van der Waals surface area contributed by atoms with Crippen molar-refractivity contribution >= 4 is 5.91 Å². The topological polar surface area (TPSA) is 42.4 Å². The number of likely N-dealkylation sites (N-methyl/N-ethyl adjacent to an activating group) is 1. The molecule has 0 aromatic carbocycles. The number of rotatable bonds is 4. The first-order chi connectivity index (χ1) is 8.22. The van der Waals surface area contributed by atoms with Gasteiger partial charge in [0.15, 0.2) is 0 Å². The summed E-state index contributed by atoms with van der Waals surface area (Å²) < 4.78 is 5.65. The lowest BCUT2D eigenvalue weighted by molar-refractivity contribution is -0.131. The lowest BCUT2D eigenvalue weighted by Gasteiger charge is -2.19. The fraction of sp³-hybridized carbons (Fsp3) is 0.538. The summed E-state index contributed by atoms with van der Waals surface area (Å²) in [6.07, 6.45) is 5.21. The number of ether oxygens (including phenoxy) is 1. The molecule has 0 aliphatic carbocycles. The fourth-order valence-electron chi connectivity index (χ4n) is 2.20. The molecule has 0 bridgehead atoms. The van der Waals surface area contributed by atoms with Crippen LogP contribution >= 0.6 is 0 Å². The Morgan fingerprint density at radius 3 is 3.00 bits per heavy atom. The number of aromatic nitrogens is 1. The average molecular weight is 234 g/mol. The maximum Gasteiger partial charge on any atom is 0.225 e. The van der Waals surface area contributed by atoms with Gasteiger partial charge in [0.25, 0.3) is 0 Å². The number of pyridine rings is 1. The van der Waals surface area contributed by atoms with Crippen molar-refractivity contribution in [2.75, 3.05) is 13.7 Å². The number of carbonyl (C=O) groups is 1. The molecule has 1 amide bonds. The Hall–Kier alpha value is -1.58. The summed E-state index contributed by atoms with van der Waals surface area (Å²) in [5.74, 6) is 1.17. The van der Waals surface area contributed by atoms with Gasteiger partial charge in [-0.15, -0.1) is 0 Å². The summed E-state index contributed by atoms with van der Waals surface area (Å²) >= 11 is 0. The molecule has 1 aromatic heterocycles. The van der Waals surface area contributed by atoms with Gasteiger partial charge in [-0.05, 0) is 25.0 Å². The van der Waals surface area contributed by atoms with E-state index < -0.39 is 0 Å². The summed E-state index contributed by atoms with van der Waals surface area (Å²) in [4.78, 5) is 17.6. The smallest absolute Gasteiger partial charge is 0.225 e. The third-order valence-electron chi connectivity index (χ3n) is 3.37. The zero-order chi connectivity index (χ0) is 12.3. The van der Waals surface area contributed by atoms with E-state index in [4.69, 9.17) is 4.74 Å². The summed E-state index contributed by atoms with van der Waals surface area (Å²) in [5, 5.41) is 0. The second-order valence-corrected chi connectivity index (χ2v) is 4.44. The predicted molar refractivity (Wildman–Crippen MR) is 64.7 cm³/mol. The zero-order valence-electron chi connectivity index (χ0n) is 10.3. The molecule has 0 saturated carbocycles. The molecule has 1 saturated heterocycles.